The molecule has 1 heterocycles. The first-order chi connectivity index (χ1) is 15.6. The molecule has 0 N–H and O–H groups in total. The van der Waals surface area contributed by atoms with Gasteiger partial charge in [0, 0.05) is 0 Å². The minimum atomic E-state index is -2.31. The van der Waals surface area contributed by atoms with E-state index < -0.39 is 71.7 Å². The quantitative estimate of drug-likeness (QED) is 0.192. The summed E-state index contributed by atoms with van der Waals surface area (Å²) in [6.07, 6.45) is -2.18. The molecule has 214 valence electrons. The van der Waals surface area contributed by atoms with Gasteiger partial charge in [0.05, 0.1) is 6.61 Å². The number of cyclic esters (lactones) is 1. The highest BCUT2D eigenvalue weighted by molar-refractivity contribution is 6.74. The SMILES string of the molecule is CC(C)(C)[Si](C)(C)O[C@H]1OC(=O)[C@](CO[Si](C)(C)C)(O[Si](C)(C)C)[C@@H](O[Si](C)(C)C)[C@H]1O[Si](C)(C)C. The molecule has 0 saturated carbocycles. The Bertz CT molecular complexity index is 757. The number of ether oxygens (including phenoxy) is 1. The maximum atomic E-state index is 14.1. The summed E-state index contributed by atoms with van der Waals surface area (Å²) in [6, 6.07) is 0. The van der Waals surface area contributed by atoms with Crippen molar-refractivity contribution >= 4 is 47.6 Å². The zero-order valence-electron chi connectivity index (χ0n) is 26.3. The molecule has 0 radical (unpaired) electrons. The van der Waals surface area contributed by atoms with Gasteiger partial charge in [-0.1, -0.05) is 20.8 Å². The first-order valence-electron chi connectivity index (χ1n) is 13.2. The van der Waals surface area contributed by atoms with Gasteiger partial charge in [0.25, 0.3) is 0 Å². The van der Waals surface area contributed by atoms with Gasteiger partial charge in [-0.15, -0.1) is 0 Å². The zero-order valence-corrected chi connectivity index (χ0v) is 31.3. The second-order valence-corrected chi connectivity index (χ2v) is 38.1. The molecule has 0 unspecified atom stereocenters. The van der Waals surface area contributed by atoms with Crippen LogP contribution in [-0.2, 0) is 31.7 Å². The molecule has 1 aliphatic heterocycles. The molecular formula is C24H56O7Si5. The van der Waals surface area contributed by atoms with Crippen LogP contribution in [0.15, 0.2) is 0 Å². The summed E-state index contributed by atoms with van der Waals surface area (Å²) in [5.74, 6) is -0.467. The minimum Gasteiger partial charge on any atom is -0.432 e. The first-order valence-corrected chi connectivity index (χ1v) is 29.7. The van der Waals surface area contributed by atoms with Crippen LogP contribution in [-0.4, -0.2) is 78.3 Å². The van der Waals surface area contributed by atoms with Crippen molar-refractivity contribution in [3.05, 3.63) is 0 Å². The normalized spacial score (nSPS) is 27.2. The van der Waals surface area contributed by atoms with Crippen LogP contribution in [0.5, 0.6) is 0 Å². The number of esters is 1. The number of carbonyl (C=O) groups is 1. The van der Waals surface area contributed by atoms with E-state index in [1.54, 1.807) is 0 Å². The summed E-state index contributed by atoms with van der Waals surface area (Å²) < 4.78 is 39.8. The fourth-order valence-electron chi connectivity index (χ4n) is 3.56. The van der Waals surface area contributed by atoms with Crippen LogP contribution in [0.1, 0.15) is 20.8 Å². The molecule has 0 aliphatic carbocycles. The Hall–Kier alpha value is 0.354. The molecule has 0 amide bonds. The van der Waals surface area contributed by atoms with E-state index in [0.717, 1.165) is 0 Å². The fourth-order valence-corrected chi connectivity index (χ4v) is 8.82. The monoisotopic (exact) mass is 596 g/mol. The fraction of sp³-hybridized carbons (Fsp3) is 0.958. The Kier molecular flexibility index (Phi) is 10.6. The largest absolute Gasteiger partial charge is 0.432 e. The van der Waals surface area contributed by atoms with Crippen molar-refractivity contribution < 1.29 is 31.7 Å². The van der Waals surface area contributed by atoms with Gasteiger partial charge in [-0.05, 0) is 96.7 Å². The lowest BCUT2D eigenvalue weighted by Crippen LogP contribution is -2.73. The van der Waals surface area contributed by atoms with Gasteiger partial charge in [0.2, 0.25) is 11.9 Å². The molecule has 1 saturated heterocycles. The number of hydrogen-bond donors (Lipinski definition) is 0. The predicted octanol–water partition coefficient (Wildman–Crippen LogP) is 6.77. The van der Waals surface area contributed by atoms with Crippen molar-refractivity contribution in [3.63, 3.8) is 0 Å². The van der Waals surface area contributed by atoms with Crippen molar-refractivity contribution in [2.24, 2.45) is 0 Å². The Morgan fingerprint density at radius 1 is 0.722 bits per heavy atom. The Morgan fingerprint density at radius 2 is 1.19 bits per heavy atom. The highest BCUT2D eigenvalue weighted by Gasteiger charge is 2.63. The van der Waals surface area contributed by atoms with E-state index in [2.05, 4.69) is 112 Å². The standard InChI is InChI=1S/C24H56O7Si5/c1-23(2,3)36(16,17)30-21-19(28-33(7,8)9)20(29-34(10,11)12)24(22(25)27-21,31-35(13,14)15)18-26-32(4,5)6/h19-21H,18H2,1-17H3/t19-,20+,21-,24-/m1/s1. The van der Waals surface area contributed by atoms with Crippen molar-refractivity contribution in [2.75, 3.05) is 6.61 Å². The van der Waals surface area contributed by atoms with Gasteiger partial charge >= 0.3 is 5.97 Å². The van der Waals surface area contributed by atoms with Crippen LogP contribution in [0.25, 0.3) is 0 Å². The highest BCUT2D eigenvalue weighted by atomic mass is 28.4. The van der Waals surface area contributed by atoms with Crippen LogP contribution >= 0.6 is 0 Å². The Labute approximate surface area is 226 Å². The summed E-state index contributed by atoms with van der Waals surface area (Å²) in [6.45, 7) is 36.3. The lowest BCUT2D eigenvalue weighted by Gasteiger charge is -2.54. The van der Waals surface area contributed by atoms with E-state index in [1.807, 2.05) is 0 Å². The van der Waals surface area contributed by atoms with Gasteiger partial charge in [0.15, 0.2) is 41.6 Å². The predicted molar refractivity (Wildman–Crippen MR) is 161 cm³/mol. The summed E-state index contributed by atoms with van der Waals surface area (Å²) in [5.41, 5.74) is -1.41. The molecule has 36 heavy (non-hydrogen) atoms. The van der Waals surface area contributed by atoms with Gasteiger partial charge in [-0.2, -0.15) is 0 Å². The Balaban J connectivity index is 3.82. The highest BCUT2D eigenvalue weighted by Crippen LogP contribution is 2.43. The maximum absolute atomic E-state index is 14.1. The third-order valence-electron chi connectivity index (χ3n) is 5.99. The van der Waals surface area contributed by atoms with E-state index in [0.29, 0.717) is 0 Å². The van der Waals surface area contributed by atoms with Crippen molar-refractivity contribution in [2.45, 2.75) is 142 Å². The third kappa shape index (κ3) is 10.2. The van der Waals surface area contributed by atoms with Crippen LogP contribution < -0.4 is 0 Å². The number of carbonyl (C=O) groups excluding carboxylic acids is 1. The summed E-state index contributed by atoms with van der Waals surface area (Å²) in [4.78, 5) is 14.1. The van der Waals surface area contributed by atoms with Crippen molar-refractivity contribution in [1.82, 2.24) is 0 Å². The molecule has 0 aromatic rings. The maximum Gasteiger partial charge on any atom is 0.344 e. The molecule has 1 aliphatic rings. The minimum absolute atomic E-state index is 0.0669. The Morgan fingerprint density at radius 3 is 1.56 bits per heavy atom. The van der Waals surface area contributed by atoms with Gasteiger partial charge in [-0.3, -0.25) is 0 Å². The molecule has 1 rings (SSSR count). The molecule has 1 fully saturated rings. The average Bonchev–Trinajstić information content (AvgIpc) is 2.55. The lowest BCUT2D eigenvalue weighted by atomic mass is 9.90. The zero-order chi connectivity index (χ0) is 28.8. The van der Waals surface area contributed by atoms with E-state index in [1.165, 1.54) is 0 Å². The average molecular weight is 597 g/mol. The van der Waals surface area contributed by atoms with Gasteiger partial charge in [-0.25, -0.2) is 4.79 Å². The first kappa shape index (κ1) is 34.4. The third-order valence-corrected chi connectivity index (χ3v) is 14.4. The smallest absolute Gasteiger partial charge is 0.344 e. The molecule has 0 bridgehead atoms. The number of hydrogen-bond acceptors (Lipinski definition) is 7. The van der Waals surface area contributed by atoms with Crippen molar-refractivity contribution in [3.8, 4) is 0 Å². The molecule has 0 aromatic carbocycles. The summed E-state index contributed by atoms with van der Waals surface area (Å²) >= 11 is 0. The molecular weight excluding hydrogens is 541 g/mol. The lowest BCUT2D eigenvalue weighted by molar-refractivity contribution is -0.254. The topological polar surface area (TPSA) is 72.5 Å². The van der Waals surface area contributed by atoms with E-state index in [9.17, 15) is 4.79 Å². The van der Waals surface area contributed by atoms with Crippen LogP contribution in [0.3, 0.4) is 0 Å². The molecule has 0 aromatic heterocycles. The second-order valence-electron chi connectivity index (χ2n) is 15.5. The van der Waals surface area contributed by atoms with Crippen LogP contribution in [0.2, 0.25) is 96.7 Å². The van der Waals surface area contributed by atoms with Crippen molar-refractivity contribution in [1.29, 1.82) is 0 Å². The number of rotatable bonds is 11. The van der Waals surface area contributed by atoms with E-state index in [4.69, 9.17) is 26.9 Å². The van der Waals surface area contributed by atoms with E-state index in [-0.39, 0.29) is 11.6 Å². The molecule has 0 spiro atoms. The second kappa shape index (κ2) is 11.1. The van der Waals surface area contributed by atoms with Gasteiger partial charge in [0.1, 0.15) is 12.2 Å². The van der Waals surface area contributed by atoms with Gasteiger partial charge < -0.3 is 26.9 Å². The van der Waals surface area contributed by atoms with E-state index >= 15 is 0 Å². The molecule has 7 nitrogen and oxygen atoms in total. The molecule has 4 atom stereocenters. The van der Waals surface area contributed by atoms with Crippen LogP contribution in [0, 0.1) is 0 Å². The van der Waals surface area contributed by atoms with Crippen LogP contribution in [0.4, 0.5) is 0 Å². The summed E-state index contributed by atoms with van der Waals surface area (Å²) in [5, 5.41) is -0.0669. The molecule has 12 heteroatoms. The summed E-state index contributed by atoms with van der Waals surface area (Å²) in [7, 11) is -10.9.